The monoisotopic (exact) mass is 358 g/mol. The number of allylic oxidation sites excluding steroid dienone is 2. The number of hydrogen-bond acceptors (Lipinski definition) is 2. The van der Waals surface area contributed by atoms with E-state index in [9.17, 15) is 9.90 Å². The van der Waals surface area contributed by atoms with Crippen LogP contribution in [0.15, 0.2) is 12.2 Å². The lowest BCUT2D eigenvalue weighted by molar-refractivity contribution is -0.163. The standard InChI is InChI=1S/C23H34O3/c1-26-7-3-2-6-23(22(24)25)19-5-4-16(13-19)21(23)20-17-9-14-8-15(11-17)12-18(20)10-14/h4-5,14-21H,2-3,6-13H2,1H3,(H,24,25). The molecular formula is C23H34O3. The summed E-state index contributed by atoms with van der Waals surface area (Å²) in [6.07, 6.45) is 15.7. The molecule has 6 rings (SSSR count). The lowest BCUT2D eigenvalue weighted by Crippen LogP contribution is -2.54. The van der Waals surface area contributed by atoms with E-state index in [1.807, 2.05) is 0 Å². The van der Waals surface area contributed by atoms with Gasteiger partial charge in [0.1, 0.15) is 0 Å². The number of ether oxygens (including phenoxy) is 1. The van der Waals surface area contributed by atoms with E-state index >= 15 is 0 Å². The molecule has 0 aromatic carbocycles. The van der Waals surface area contributed by atoms with Gasteiger partial charge in [-0.2, -0.15) is 0 Å². The molecule has 0 spiro atoms. The Kier molecular flexibility index (Phi) is 4.23. The second-order valence-electron chi connectivity index (χ2n) is 10.2. The van der Waals surface area contributed by atoms with Crippen LogP contribution in [0.2, 0.25) is 0 Å². The van der Waals surface area contributed by atoms with E-state index in [0.717, 1.165) is 56.0 Å². The number of carbonyl (C=O) groups is 1. The highest BCUT2D eigenvalue weighted by Gasteiger charge is 2.65. The van der Waals surface area contributed by atoms with Crippen LogP contribution in [0.25, 0.3) is 0 Å². The van der Waals surface area contributed by atoms with Crippen molar-refractivity contribution in [1.29, 1.82) is 0 Å². The number of carboxylic acids is 1. The van der Waals surface area contributed by atoms with Gasteiger partial charge in [-0.1, -0.05) is 12.2 Å². The molecule has 0 radical (unpaired) electrons. The van der Waals surface area contributed by atoms with E-state index in [1.54, 1.807) is 7.11 Å². The number of fused-ring (bicyclic) bond motifs is 2. The molecule has 6 bridgehead atoms. The van der Waals surface area contributed by atoms with Gasteiger partial charge in [0.2, 0.25) is 0 Å². The Hall–Kier alpha value is -0.830. The molecule has 26 heavy (non-hydrogen) atoms. The predicted octanol–water partition coefficient (Wildman–Crippen LogP) is 4.77. The van der Waals surface area contributed by atoms with Crippen molar-refractivity contribution in [3.05, 3.63) is 12.2 Å². The molecule has 3 nitrogen and oxygen atoms in total. The number of unbranched alkanes of at least 4 members (excludes halogenated alkanes) is 1. The minimum atomic E-state index is -0.495. The van der Waals surface area contributed by atoms with Gasteiger partial charge in [0.15, 0.2) is 0 Å². The minimum absolute atomic E-state index is 0.273. The molecule has 4 unspecified atom stereocenters. The Labute approximate surface area is 157 Å². The number of carboxylic acid groups (broad SMARTS) is 1. The number of methoxy groups -OCH3 is 1. The quantitative estimate of drug-likeness (QED) is 0.527. The first-order valence-corrected chi connectivity index (χ1v) is 11.0. The molecule has 0 amide bonds. The van der Waals surface area contributed by atoms with Gasteiger partial charge in [0.25, 0.3) is 0 Å². The minimum Gasteiger partial charge on any atom is -0.481 e. The van der Waals surface area contributed by atoms with E-state index < -0.39 is 11.4 Å². The summed E-state index contributed by atoms with van der Waals surface area (Å²) in [6, 6.07) is 0. The van der Waals surface area contributed by atoms with E-state index in [2.05, 4.69) is 12.2 Å². The van der Waals surface area contributed by atoms with Crippen LogP contribution in [0.5, 0.6) is 0 Å². The fourth-order valence-corrected chi connectivity index (χ4v) is 8.61. The van der Waals surface area contributed by atoms with Crippen LogP contribution >= 0.6 is 0 Å². The highest BCUT2D eigenvalue weighted by molar-refractivity contribution is 5.77. The van der Waals surface area contributed by atoms with Gasteiger partial charge >= 0.3 is 5.97 Å². The molecular weight excluding hydrogens is 324 g/mol. The average Bonchev–Trinajstić information content (AvgIpc) is 3.19. The van der Waals surface area contributed by atoms with Crippen LogP contribution in [-0.4, -0.2) is 24.8 Å². The summed E-state index contributed by atoms with van der Waals surface area (Å²) in [5, 5.41) is 10.5. The van der Waals surface area contributed by atoms with E-state index in [0.29, 0.717) is 17.8 Å². The molecule has 0 aromatic rings. The van der Waals surface area contributed by atoms with Crippen molar-refractivity contribution >= 4 is 5.97 Å². The van der Waals surface area contributed by atoms with Gasteiger partial charge < -0.3 is 9.84 Å². The summed E-state index contributed by atoms with van der Waals surface area (Å²) in [6.45, 7) is 0.752. The van der Waals surface area contributed by atoms with Gasteiger partial charge in [-0.15, -0.1) is 0 Å². The zero-order valence-electron chi connectivity index (χ0n) is 16.1. The van der Waals surface area contributed by atoms with Crippen molar-refractivity contribution in [3.63, 3.8) is 0 Å². The maximum Gasteiger partial charge on any atom is 0.310 e. The fraction of sp³-hybridized carbons (Fsp3) is 0.870. The predicted molar refractivity (Wildman–Crippen MR) is 101 cm³/mol. The van der Waals surface area contributed by atoms with Crippen LogP contribution < -0.4 is 0 Å². The van der Waals surface area contributed by atoms with Crippen LogP contribution in [0.4, 0.5) is 0 Å². The highest BCUT2D eigenvalue weighted by atomic mass is 16.5. The Morgan fingerprint density at radius 2 is 1.73 bits per heavy atom. The Morgan fingerprint density at radius 3 is 2.35 bits per heavy atom. The largest absolute Gasteiger partial charge is 0.481 e. The topological polar surface area (TPSA) is 46.5 Å². The molecule has 0 saturated heterocycles. The number of aliphatic carboxylic acids is 1. The SMILES string of the molecule is COCCCCC1(C(=O)O)C2C=CC(C2)C1C1C2CC3CC(C2)CC1C3. The Bertz CT molecular complexity index is 568. The van der Waals surface area contributed by atoms with Crippen molar-refractivity contribution in [2.45, 2.75) is 57.8 Å². The summed E-state index contributed by atoms with van der Waals surface area (Å²) in [4.78, 5) is 12.8. The van der Waals surface area contributed by atoms with Gasteiger partial charge in [-0.25, -0.2) is 0 Å². The molecule has 4 atom stereocenters. The number of hydrogen-bond donors (Lipinski definition) is 1. The first kappa shape index (κ1) is 17.3. The van der Waals surface area contributed by atoms with Crippen LogP contribution in [0, 0.1) is 52.8 Å². The summed E-state index contributed by atoms with van der Waals surface area (Å²) < 4.78 is 5.22. The van der Waals surface area contributed by atoms with Crippen molar-refractivity contribution in [1.82, 2.24) is 0 Å². The lowest BCUT2D eigenvalue weighted by Gasteiger charge is -2.59. The van der Waals surface area contributed by atoms with Crippen molar-refractivity contribution < 1.29 is 14.6 Å². The molecule has 144 valence electrons. The van der Waals surface area contributed by atoms with Crippen molar-refractivity contribution in [2.24, 2.45) is 52.8 Å². The third kappa shape index (κ3) is 2.38. The molecule has 0 heterocycles. The smallest absolute Gasteiger partial charge is 0.310 e. The maximum atomic E-state index is 12.8. The first-order valence-electron chi connectivity index (χ1n) is 11.0. The third-order valence-electron chi connectivity index (χ3n) is 9.14. The zero-order valence-corrected chi connectivity index (χ0v) is 16.1. The maximum absolute atomic E-state index is 12.8. The van der Waals surface area contributed by atoms with Crippen LogP contribution in [0.1, 0.15) is 57.8 Å². The third-order valence-corrected chi connectivity index (χ3v) is 9.14. The average molecular weight is 359 g/mol. The van der Waals surface area contributed by atoms with E-state index in [1.165, 1.54) is 32.1 Å². The first-order chi connectivity index (χ1) is 12.6. The van der Waals surface area contributed by atoms with Gasteiger partial charge in [0, 0.05) is 13.7 Å². The molecule has 0 aliphatic heterocycles. The lowest BCUT2D eigenvalue weighted by atomic mass is 9.45. The van der Waals surface area contributed by atoms with Gasteiger partial charge in [-0.3, -0.25) is 4.79 Å². The van der Waals surface area contributed by atoms with Crippen molar-refractivity contribution in [2.75, 3.05) is 13.7 Å². The molecule has 6 aliphatic carbocycles. The van der Waals surface area contributed by atoms with Crippen molar-refractivity contribution in [3.8, 4) is 0 Å². The van der Waals surface area contributed by atoms with E-state index in [4.69, 9.17) is 4.74 Å². The highest BCUT2D eigenvalue weighted by Crippen LogP contribution is 2.68. The molecule has 5 saturated carbocycles. The van der Waals surface area contributed by atoms with Crippen LogP contribution in [0.3, 0.4) is 0 Å². The van der Waals surface area contributed by atoms with E-state index in [-0.39, 0.29) is 5.92 Å². The van der Waals surface area contributed by atoms with Crippen LogP contribution in [-0.2, 0) is 9.53 Å². The summed E-state index contributed by atoms with van der Waals surface area (Å²) in [5.41, 5.74) is -0.493. The molecule has 3 heteroatoms. The zero-order chi connectivity index (χ0) is 17.9. The molecule has 1 N–H and O–H groups in total. The van der Waals surface area contributed by atoms with Gasteiger partial charge in [-0.05, 0) is 105 Å². The Balaban J connectivity index is 1.45. The summed E-state index contributed by atoms with van der Waals surface area (Å²) in [7, 11) is 1.74. The Morgan fingerprint density at radius 1 is 1.04 bits per heavy atom. The van der Waals surface area contributed by atoms with Gasteiger partial charge in [0.05, 0.1) is 5.41 Å². The molecule has 6 aliphatic rings. The molecule has 0 aromatic heterocycles. The fourth-order valence-electron chi connectivity index (χ4n) is 8.61. The second kappa shape index (κ2) is 6.36. The normalized spacial score (nSPS) is 50.7. The summed E-state index contributed by atoms with van der Waals surface area (Å²) >= 11 is 0. The number of rotatable bonds is 7. The summed E-state index contributed by atoms with van der Waals surface area (Å²) in [5.74, 6) is 4.95. The molecule has 5 fully saturated rings. The second-order valence-corrected chi connectivity index (χ2v) is 10.2.